The number of hydrogen-bond donors (Lipinski definition) is 3. The highest BCUT2D eigenvalue weighted by molar-refractivity contribution is 7.89. The summed E-state index contributed by atoms with van der Waals surface area (Å²) in [6, 6.07) is 2.95. The van der Waals surface area contributed by atoms with Gasteiger partial charge in [-0.2, -0.15) is 9.41 Å². The summed E-state index contributed by atoms with van der Waals surface area (Å²) in [4.78, 5) is 8.13. The van der Waals surface area contributed by atoms with Gasteiger partial charge in [-0.05, 0) is 19.1 Å². The molecule has 0 fully saturated rings. The third-order valence-electron chi connectivity index (χ3n) is 3.98. The Morgan fingerprint density at radius 3 is 2.48 bits per heavy atom. The average molecular weight is 393 g/mol. The Hall–Kier alpha value is -2.56. The van der Waals surface area contributed by atoms with Gasteiger partial charge in [-0.25, -0.2) is 13.4 Å². The van der Waals surface area contributed by atoms with Crippen LogP contribution in [0.4, 0.5) is 5.82 Å². The van der Waals surface area contributed by atoms with Crippen molar-refractivity contribution in [2.45, 2.75) is 32.3 Å². The van der Waals surface area contributed by atoms with Crippen molar-refractivity contribution in [3.8, 4) is 5.75 Å². The molecule has 27 heavy (non-hydrogen) atoms. The molecule has 0 radical (unpaired) electrons. The van der Waals surface area contributed by atoms with Gasteiger partial charge in [-0.1, -0.05) is 13.8 Å². The normalized spacial score (nSPS) is 12.0. The van der Waals surface area contributed by atoms with Crippen LogP contribution in [0.5, 0.6) is 5.75 Å². The summed E-state index contributed by atoms with van der Waals surface area (Å²) in [5.41, 5.74) is 3.85. The number of aliphatic hydroxyl groups excluding tert-OH is 1. The molecule has 0 saturated carbocycles. The number of aryl methyl sites for hydroxylation is 1. The molecule has 0 spiro atoms. The summed E-state index contributed by atoms with van der Waals surface area (Å²) < 4.78 is 26.2. The van der Waals surface area contributed by atoms with E-state index in [1.54, 1.807) is 20.8 Å². The monoisotopic (exact) mass is 393 g/mol. The number of aliphatic hydroxyl groups is 1. The van der Waals surface area contributed by atoms with Crippen LogP contribution in [0, 0.1) is 6.92 Å². The molecule has 0 aliphatic carbocycles. The largest absolute Gasteiger partial charge is 0.505 e. The van der Waals surface area contributed by atoms with Crippen LogP contribution in [0.25, 0.3) is 0 Å². The average Bonchev–Trinajstić information content (AvgIpc) is 2.66. The van der Waals surface area contributed by atoms with E-state index in [0.29, 0.717) is 35.7 Å². The van der Waals surface area contributed by atoms with Gasteiger partial charge >= 0.3 is 0 Å². The number of rotatable bonds is 8. The van der Waals surface area contributed by atoms with Crippen molar-refractivity contribution < 1.29 is 18.6 Å². The first-order chi connectivity index (χ1) is 12.8. The first kappa shape index (κ1) is 20.7. The maximum absolute atomic E-state index is 12.4. The van der Waals surface area contributed by atoms with E-state index in [1.165, 1.54) is 35.0 Å². The maximum atomic E-state index is 12.4. The third-order valence-corrected chi connectivity index (χ3v) is 6.01. The maximum Gasteiger partial charge on any atom is 0.244 e. The number of hydrazone groups is 1. The summed E-state index contributed by atoms with van der Waals surface area (Å²) in [6.07, 6.45) is 4.07. The zero-order valence-corrected chi connectivity index (χ0v) is 16.2. The lowest BCUT2D eigenvalue weighted by molar-refractivity contribution is 0.280. The van der Waals surface area contributed by atoms with Crippen LogP contribution in [0.15, 0.2) is 34.5 Å². The van der Waals surface area contributed by atoms with E-state index < -0.39 is 10.0 Å². The Bertz CT molecular complexity index is 910. The molecule has 2 aromatic rings. The molecule has 0 amide bonds. The quantitative estimate of drug-likeness (QED) is 0.457. The van der Waals surface area contributed by atoms with Crippen LogP contribution >= 0.6 is 0 Å². The van der Waals surface area contributed by atoms with Crippen molar-refractivity contribution >= 4 is 22.1 Å². The zero-order valence-electron chi connectivity index (χ0n) is 15.4. The number of nitrogens with one attached hydrogen (secondary N) is 1. The first-order valence-corrected chi connectivity index (χ1v) is 9.82. The van der Waals surface area contributed by atoms with Gasteiger partial charge in [-0.15, -0.1) is 0 Å². The molecular formula is C17H23N5O4S. The van der Waals surface area contributed by atoms with Gasteiger partial charge in [0, 0.05) is 36.6 Å². The predicted octanol–water partition coefficient (Wildman–Crippen LogP) is 1.46. The van der Waals surface area contributed by atoms with Crippen molar-refractivity contribution in [3.05, 3.63) is 41.3 Å². The second-order valence-electron chi connectivity index (χ2n) is 5.63. The van der Waals surface area contributed by atoms with Crippen LogP contribution in [0.1, 0.15) is 30.7 Å². The lowest BCUT2D eigenvalue weighted by Gasteiger charge is -2.18. The fraction of sp³-hybridized carbons (Fsp3) is 0.353. The number of hydrogen-bond acceptors (Lipinski definition) is 8. The van der Waals surface area contributed by atoms with E-state index in [4.69, 9.17) is 0 Å². The molecule has 3 N–H and O–H groups in total. The Morgan fingerprint density at radius 2 is 1.93 bits per heavy atom. The summed E-state index contributed by atoms with van der Waals surface area (Å²) in [7, 11) is -3.56. The Morgan fingerprint density at radius 1 is 1.22 bits per heavy atom. The molecule has 0 atom stereocenters. The van der Waals surface area contributed by atoms with Crippen LogP contribution < -0.4 is 5.43 Å². The standard InChI is InChI=1S/C17H23N5O4S/c1-4-22(5-2)27(25,26)14-6-7-16(19-9-14)21-20-10-15-13(11-23)8-18-12(3)17(15)24/h6-10,23-24H,4-5,11H2,1-3H3,(H,19,21)/b20-10+. The van der Waals surface area contributed by atoms with Crippen molar-refractivity contribution in [1.29, 1.82) is 0 Å². The molecule has 0 bridgehead atoms. The number of aromatic nitrogens is 2. The number of sulfonamides is 1. The summed E-state index contributed by atoms with van der Waals surface area (Å²) in [6.45, 7) is 5.65. The molecule has 0 aromatic carbocycles. The van der Waals surface area contributed by atoms with E-state index in [-0.39, 0.29) is 17.3 Å². The molecule has 0 saturated heterocycles. The van der Waals surface area contributed by atoms with Gasteiger partial charge in [0.1, 0.15) is 16.5 Å². The number of aromatic hydroxyl groups is 1. The molecular weight excluding hydrogens is 370 g/mol. The lowest BCUT2D eigenvalue weighted by Crippen LogP contribution is -2.30. The van der Waals surface area contributed by atoms with Gasteiger partial charge in [-0.3, -0.25) is 10.4 Å². The highest BCUT2D eigenvalue weighted by Gasteiger charge is 2.21. The van der Waals surface area contributed by atoms with Crippen molar-refractivity contribution in [2.24, 2.45) is 5.10 Å². The smallest absolute Gasteiger partial charge is 0.244 e. The number of pyridine rings is 2. The molecule has 9 nitrogen and oxygen atoms in total. The molecule has 2 rings (SSSR count). The predicted molar refractivity (Wildman–Crippen MR) is 102 cm³/mol. The van der Waals surface area contributed by atoms with E-state index in [1.807, 2.05) is 0 Å². The summed E-state index contributed by atoms with van der Waals surface area (Å²) in [5.74, 6) is 0.265. The van der Waals surface area contributed by atoms with Gasteiger partial charge in [0.15, 0.2) is 0 Å². The van der Waals surface area contributed by atoms with Crippen molar-refractivity contribution in [1.82, 2.24) is 14.3 Å². The summed E-state index contributed by atoms with van der Waals surface area (Å²) >= 11 is 0. The molecule has 2 heterocycles. The van der Waals surface area contributed by atoms with E-state index >= 15 is 0 Å². The Balaban J connectivity index is 2.17. The Kier molecular flexibility index (Phi) is 6.83. The second kappa shape index (κ2) is 8.89. The van der Waals surface area contributed by atoms with Crippen LogP contribution in [-0.4, -0.2) is 52.2 Å². The highest BCUT2D eigenvalue weighted by Crippen LogP contribution is 2.22. The van der Waals surface area contributed by atoms with Gasteiger partial charge in [0.05, 0.1) is 18.5 Å². The zero-order chi connectivity index (χ0) is 20.0. The SMILES string of the molecule is CCN(CC)S(=O)(=O)c1ccc(N/N=C/c2c(CO)cnc(C)c2O)nc1. The third kappa shape index (κ3) is 4.59. The molecule has 0 aliphatic rings. The van der Waals surface area contributed by atoms with Crippen molar-refractivity contribution in [2.75, 3.05) is 18.5 Å². The van der Waals surface area contributed by atoms with Gasteiger partial charge in [0.2, 0.25) is 10.0 Å². The molecule has 10 heteroatoms. The van der Waals surface area contributed by atoms with Crippen LogP contribution in [-0.2, 0) is 16.6 Å². The van der Waals surface area contributed by atoms with E-state index in [2.05, 4.69) is 20.5 Å². The van der Waals surface area contributed by atoms with Crippen LogP contribution in [0.3, 0.4) is 0 Å². The molecule has 0 aliphatic heterocycles. The lowest BCUT2D eigenvalue weighted by atomic mass is 10.1. The summed E-state index contributed by atoms with van der Waals surface area (Å²) in [5, 5.41) is 23.4. The highest BCUT2D eigenvalue weighted by atomic mass is 32.2. The van der Waals surface area contributed by atoms with Crippen LogP contribution in [0.2, 0.25) is 0 Å². The minimum absolute atomic E-state index is 0.0688. The van der Waals surface area contributed by atoms with Gasteiger partial charge in [0.25, 0.3) is 0 Å². The Labute approximate surface area is 158 Å². The molecule has 146 valence electrons. The van der Waals surface area contributed by atoms with Gasteiger partial charge < -0.3 is 10.2 Å². The number of anilines is 1. The topological polar surface area (TPSA) is 128 Å². The van der Waals surface area contributed by atoms with Crippen molar-refractivity contribution in [3.63, 3.8) is 0 Å². The minimum atomic E-state index is -3.56. The second-order valence-corrected chi connectivity index (χ2v) is 7.57. The van der Waals surface area contributed by atoms with E-state index in [9.17, 15) is 18.6 Å². The molecule has 2 aromatic heterocycles. The number of nitrogens with zero attached hydrogens (tertiary/aromatic N) is 4. The van der Waals surface area contributed by atoms with E-state index in [0.717, 1.165) is 0 Å². The fourth-order valence-corrected chi connectivity index (χ4v) is 3.80. The molecule has 0 unspecified atom stereocenters. The first-order valence-electron chi connectivity index (χ1n) is 8.38. The fourth-order valence-electron chi connectivity index (χ4n) is 2.40. The minimum Gasteiger partial charge on any atom is -0.505 e.